The minimum Gasteiger partial charge on any atom is -0.388 e. The zero-order chi connectivity index (χ0) is 14.4. The number of allylic oxidation sites excluding steroid dienone is 5. The largest absolute Gasteiger partial charge is 0.526 e. The Morgan fingerprint density at radius 3 is 2.21 bits per heavy atom. The monoisotopic (exact) mass is 255 g/mol. The molecule has 0 radical (unpaired) electrons. The molecule has 0 fully saturated rings. The minimum atomic E-state index is 0.0992. The highest BCUT2D eigenvalue weighted by atomic mass is 15.1. The van der Waals surface area contributed by atoms with Crippen LogP contribution in [0.1, 0.15) is 26.7 Å². The fraction of sp³-hybridized carbons (Fsp3) is 0.357. The summed E-state index contributed by atoms with van der Waals surface area (Å²) in [5.41, 5.74) is 8.01. The molecule has 0 saturated heterocycles. The van der Waals surface area contributed by atoms with E-state index in [1.54, 1.807) is 0 Å². The van der Waals surface area contributed by atoms with Gasteiger partial charge in [-0.2, -0.15) is 9.69 Å². The summed E-state index contributed by atoms with van der Waals surface area (Å²) in [6.07, 6.45) is 5.09. The van der Waals surface area contributed by atoms with Gasteiger partial charge in [-0.25, -0.2) is 0 Å². The van der Waals surface area contributed by atoms with Crippen LogP contribution in [0.25, 0.3) is 9.69 Å². The number of hydrogen-bond donors (Lipinski definition) is 2. The molecule has 98 valence electrons. The second-order valence-electron chi connectivity index (χ2n) is 4.35. The summed E-state index contributed by atoms with van der Waals surface area (Å²) in [5, 5.41) is 7.21. The Kier molecular flexibility index (Phi) is 4.91. The molecule has 0 aromatic rings. The van der Waals surface area contributed by atoms with Crippen LogP contribution in [-0.2, 0) is 0 Å². The molecule has 0 aromatic carbocycles. The lowest BCUT2D eigenvalue weighted by Gasteiger charge is -2.29. The van der Waals surface area contributed by atoms with E-state index in [1.807, 2.05) is 26.0 Å². The predicted octanol–water partition coefficient (Wildman–Crippen LogP) is 2.88. The molecule has 5 nitrogen and oxygen atoms in total. The molecule has 1 rings (SSSR count). The maximum Gasteiger partial charge on any atom is 0.526 e. The lowest BCUT2D eigenvalue weighted by atomic mass is 10.1. The molecule has 0 atom stereocenters. The molecular weight excluding hydrogens is 238 g/mol. The number of hydrogen-bond acceptors (Lipinski definition) is 2. The fourth-order valence-electron chi connectivity index (χ4n) is 1.99. The Balaban J connectivity index is 2.88. The van der Waals surface area contributed by atoms with Gasteiger partial charge in [0.25, 0.3) is 0 Å². The van der Waals surface area contributed by atoms with E-state index in [1.165, 1.54) is 0 Å². The SMILES string of the molecule is [C-]#[N+]C([N+]#[C-])=C1C=C(C)N(CCCC(=N)N)C(C)=C1. The zero-order valence-electron chi connectivity index (χ0n) is 11.2. The quantitative estimate of drug-likeness (QED) is 0.461. The molecule has 0 spiro atoms. The Hall–Kier alpha value is -2.53. The van der Waals surface area contributed by atoms with Crippen LogP contribution in [0.5, 0.6) is 0 Å². The number of amidine groups is 1. The van der Waals surface area contributed by atoms with Gasteiger partial charge in [0, 0.05) is 24.4 Å². The third-order valence-corrected chi connectivity index (χ3v) is 2.88. The van der Waals surface area contributed by atoms with Crippen molar-refractivity contribution >= 4 is 5.84 Å². The minimum absolute atomic E-state index is 0.0992. The Bertz CT molecular complexity index is 513. The van der Waals surface area contributed by atoms with Gasteiger partial charge in [0.15, 0.2) is 0 Å². The van der Waals surface area contributed by atoms with Gasteiger partial charge in [0.05, 0.1) is 11.4 Å². The summed E-state index contributed by atoms with van der Waals surface area (Å²) in [4.78, 5) is 8.57. The molecular formula is C14H17N5. The molecule has 1 aliphatic rings. The van der Waals surface area contributed by atoms with Crippen molar-refractivity contribution in [2.75, 3.05) is 6.54 Å². The van der Waals surface area contributed by atoms with Crippen molar-refractivity contribution < 1.29 is 0 Å². The van der Waals surface area contributed by atoms with Crippen LogP contribution >= 0.6 is 0 Å². The molecule has 0 bridgehead atoms. The van der Waals surface area contributed by atoms with Gasteiger partial charge in [0.2, 0.25) is 0 Å². The first kappa shape index (κ1) is 14.5. The van der Waals surface area contributed by atoms with Crippen LogP contribution in [0, 0.1) is 18.6 Å². The van der Waals surface area contributed by atoms with Gasteiger partial charge >= 0.3 is 5.82 Å². The second-order valence-corrected chi connectivity index (χ2v) is 4.35. The van der Waals surface area contributed by atoms with E-state index in [0.29, 0.717) is 12.0 Å². The molecule has 0 aromatic heterocycles. The average molecular weight is 255 g/mol. The number of nitrogens with zero attached hydrogens (tertiary/aromatic N) is 3. The van der Waals surface area contributed by atoms with Crippen LogP contribution < -0.4 is 5.73 Å². The van der Waals surface area contributed by atoms with Crippen molar-refractivity contribution in [1.82, 2.24) is 4.90 Å². The van der Waals surface area contributed by atoms with Gasteiger partial charge in [-0.3, -0.25) is 5.41 Å². The maximum atomic E-state index is 7.21. The molecule has 19 heavy (non-hydrogen) atoms. The summed E-state index contributed by atoms with van der Waals surface area (Å²) < 4.78 is 0. The smallest absolute Gasteiger partial charge is 0.388 e. The number of nitrogens with two attached hydrogens (primary N) is 1. The number of rotatable bonds is 4. The van der Waals surface area contributed by atoms with Crippen molar-refractivity contribution in [2.24, 2.45) is 5.73 Å². The Morgan fingerprint density at radius 2 is 1.79 bits per heavy atom. The summed E-state index contributed by atoms with van der Waals surface area (Å²) in [6.45, 7) is 18.6. The first-order chi connectivity index (χ1) is 8.99. The predicted molar refractivity (Wildman–Crippen MR) is 75.6 cm³/mol. The molecule has 5 heteroatoms. The van der Waals surface area contributed by atoms with Gasteiger partial charge in [-0.15, -0.1) is 0 Å². The Morgan fingerprint density at radius 1 is 1.26 bits per heavy atom. The van der Waals surface area contributed by atoms with Crippen LogP contribution in [-0.4, -0.2) is 17.3 Å². The summed E-state index contributed by atoms with van der Waals surface area (Å²) in [6, 6.07) is 0. The van der Waals surface area contributed by atoms with Gasteiger partial charge < -0.3 is 10.6 Å². The van der Waals surface area contributed by atoms with Crippen LogP contribution in [0.2, 0.25) is 0 Å². The van der Waals surface area contributed by atoms with E-state index >= 15 is 0 Å². The lowest BCUT2D eigenvalue weighted by molar-refractivity contribution is 0.417. The van der Waals surface area contributed by atoms with E-state index in [9.17, 15) is 0 Å². The lowest BCUT2D eigenvalue weighted by Crippen LogP contribution is -2.24. The van der Waals surface area contributed by atoms with E-state index < -0.39 is 0 Å². The fourth-order valence-corrected chi connectivity index (χ4v) is 1.99. The molecule has 1 aliphatic heterocycles. The van der Waals surface area contributed by atoms with Crippen LogP contribution in [0.3, 0.4) is 0 Å². The highest BCUT2D eigenvalue weighted by Gasteiger charge is 2.18. The highest BCUT2D eigenvalue weighted by Crippen LogP contribution is 2.25. The van der Waals surface area contributed by atoms with E-state index in [4.69, 9.17) is 24.3 Å². The zero-order valence-corrected chi connectivity index (χ0v) is 11.2. The van der Waals surface area contributed by atoms with Gasteiger partial charge in [-0.1, -0.05) is 0 Å². The third-order valence-electron chi connectivity index (χ3n) is 2.88. The molecule has 0 unspecified atom stereocenters. The first-order valence-corrected chi connectivity index (χ1v) is 5.95. The second kappa shape index (κ2) is 6.42. The molecule has 1 heterocycles. The molecule has 0 aliphatic carbocycles. The summed E-state index contributed by atoms with van der Waals surface area (Å²) in [7, 11) is 0. The maximum absolute atomic E-state index is 7.21. The van der Waals surface area contributed by atoms with Crippen molar-refractivity contribution in [3.05, 3.63) is 57.8 Å². The van der Waals surface area contributed by atoms with Crippen LogP contribution in [0.15, 0.2) is 34.9 Å². The first-order valence-electron chi connectivity index (χ1n) is 5.95. The molecule has 3 N–H and O–H groups in total. The van der Waals surface area contributed by atoms with Crippen LogP contribution in [0.4, 0.5) is 0 Å². The van der Waals surface area contributed by atoms with Gasteiger partial charge in [0.1, 0.15) is 13.1 Å². The van der Waals surface area contributed by atoms with E-state index in [2.05, 4.69) is 14.6 Å². The van der Waals surface area contributed by atoms with Gasteiger partial charge in [-0.05, 0) is 32.4 Å². The van der Waals surface area contributed by atoms with Crippen molar-refractivity contribution in [1.29, 1.82) is 5.41 Å². The topological polar surface area (TPSA) is 61.8 Å². The summed E-state index contributed by atoms with van der Waals surface area (Å²) in [5.74, 6) is 0.297. The van der Waals surface area contributed by atoms with Crippen molar-refractivity contribution in [3.63, 3.8) is 0 Å². The van der Waals surface area contributed by atoms with Crippen molar-refractivity contribution in [2.45, 2.75) is 26.7 Å². The van der Waals surface area contributed by atoms with Crippen molar-refractivity contribution in [3.8, 4) is 0 Å². The third kappa shape index (κ3) is 3.72. The van der Waals surface area contributed by atoms with E-state index in [-0.39, 0.29) is 11.7 Å². The highest BCUT2D eigenvalue weighted by molar-refractivity contribution is 5.76. The summed E-state index contributed by atoms with van der Waals surface area (Å²) >= 11 is 0. The molecule has 0 amide bonds. The average Bonchev–Trinajstić information content (AvgIpc) is 2.34. The number of nitrogens with one attached hydrogen (secondary N) is 1. The standard InChI is InChI=1S/C14H17N5/c1-10-8-12(14(17-3)18-4)9-11(2)19(10)7-5-6-13(15)16/h8-9H,5-7H2,1-2H3,(H3,15,16). The van der Waals surface area contributed by atoms with E-state index in [0.717, 1.165) is 24.4 Å². The molecule has 0 saturated carbocycles. The normalized spacial score (nSPS) is 14.1. The Labute approximate surface area is 113 Å².